The fourth-order valence-electron chi connectivity index (χ4n) is 2.08. The molecular formula is C16H21NO3S. The lowest BCUT2D eigenvalue weighted by atomic mass is 10.2. The number of hydrogen-bond acceptors (Lipinski definition) is 4. The number of rotatable bonds is 7. The summed E-state index contributed by atoms with van der Waals surface area (Å²) >= 11 is 1.64. The van der Waals surface area contributed by atoms with Gasteiger partial charge in [0.1, 0.15) is 12.4 Å². The second kappa shape index (κ2) is 7.43. The van der Waals surface area contributed by atoms with E-state index in [1.165, 1.54) is 0 Å². The molecule has 0 unspecified atom stereocenters. The number of carbonyl (C=O) groups is 1. The lowest BCUT2D eigenvalue weighted by molar-refractivity contribution is 0.0632. The van der Waals surface area contributed by atoms with E-state index in [1.807, 2.05) is 16.3 Å². The number of carbonyl (C=O) groups excluding carboxylic acids is 1. The van der Waals surface area contributed by atoms with Gasteiger partial charge in [0.15, 0.2) is 5.76 Å². The van der Waals surface area contributed by atoms with E-state index >= 15 is 0 Å². The van der Waals surface area contributed by atoms with Gasteiger partial charge in [-0.25, -0.2) is 0 Å². The van der Waals surface area contributed by atoms with E-state index in [-0.39, 0.29) is 11.9 Å². The first-order valence-corrected chi connectivity index (χ1v) is 7.99. The number of nitrogens with zero attached hydrogens (tertiary/aromatic N) is 1. The first-order valence-electron chi connectivity index (χ1n) is 7.05. The molecule has 2 heterocycles. The largest absolute Gasteiger partial charge is 0.453 e. The van der Waals surface area contributed by atoms with E-state index in [4.69, 9.17) is 9.15 Å². The smallest absolute Gasteiger partial charge is 0.290 e. The molecule has 21 heavy (non-hydrogen) atoms. The third-order valence-electron chi connectivity index (χ3n) is 3.48. The summed E-state index contributed by atoms with van der Waals surface area (Å²) in [5.74, 6) is 0.968. The van der Waals surface area contributed by atoms with E-state index in [0.717, 1.165) is 12.0 Å². The molecule has 0 radical (unpaired) electrons. The maximum Gasteiger partial charge on any atom is 0.290 e. The maximum absolute atomic E-state index is 12.7. The molecule has 0 saturated heterocycles. The second-order valence-corrected chi connectivity index (χ2v) is 5.80. The predicted octanol–water partition coefficient (Wildman–Crippen LogP) is 3.93. The Morgan fingerprint density at radius 2 is 2.24 bits per heavy atom. The van der Waals surface area contributed by atoms with Gasteiger partial charge in [0.2, 0.25) is 0 Å². The topological polar surface area (TPSA) is 42.7 Å². The van der Waals surface area contributed by atoms with E-state index in [2.05, 4.69) is 19.2 Å². The maximum atomic E-state index is 12.7. The van der Waals surface area contributed by atoms with Crippen molar-refractivity contribution in [3.05, 3.63) is 46.0 Å². The summed E-state index contributed by atoms with van der Waals surface area (Å²) in [6.45, 7) is 5.12. The predicted molar refractivity (Wildman–Crippen MR) is 83.4 cm³/mol. The Morgan fingerprint density at radius 3 is 2.86 bits per heavy atom. The summed E-state index contributed by atoms with van der Waals surface area (Å²) in [6.07, 6.45) is 0.904. The van der Waals surface area contributed by atoms with Crippen molar-refractivity contribution in [3.8, 4) is 0 Å². The number of ether oxygens (including phenoxy) is 1. The molecule has 0 aliphatic carbocycles. The number of thiophene rings is 1. The van der Waals surface area contributed by atoms with Crippen molar-refractivity contribution in [2.45, 2.75) is 39.5 Å². The first kappa shape index (κ1) is 15.8. The molecular weight excluding hydrogens is 286 g/mol. The molecule has 0 fully saturated rings. The van der Waals surface area contributed by atoms with Gasteiger partial charge in [-0.15, -0.1) is 0 Å². The Hall–Kier alpha value is -1.59. The first-order chi connectivity index (χ1) is 10.2. The highest BCUT2D eigenvalue weighted by molar-refractivity contribution is 7.07. The van der Waals surface area contributed by atoms with E-state index in [1.54, 1.807) is 30.6 Å². The lowest BCUT2D eigenvalue weighted by Crippen LogP contribution is -2.37. The lowest BCUT2D eigenvalue weighted by Gasteiger charge is -2.27. The molecule has 0 aliphatic rings. The van der Waals surface area contributed by atoms with Crippen molar-refractivity contribution in [3.63, 3.8) is 0 Å². The standard InChI is InChI=1S/C16H21NO3S/c1-4-12(2)17(9-13-7-8-21-11-13)16(18)15-6-5-14(20-15)10-19-3/h5-8,11-12H,4,9-10H2,1-3H3/t12-/m1/s1. The molecule has 0 aromatic carbocycles. The average Bonchev–Trinajstić information content (AvgIpc) is 3.15. The number of amides is 1. The summed E-state index contributed by atoms with van der Waals surface area (Å²) in [5, 5.41) is 4.10. The zero-order chi connectivity index (χ0) is 15.2. The van der Waals surface area contributed by atoms with Gasteiger partial charge < -0.3 is 14.1 Å². The van der Waals surface area contributed by atoms with Crippen molar-refractivity contribution >= 4 is 17.2 Å². The van der Waals surface area contributed by atoms with Crippen LogP contribution < -0.4 is 0 Å². The molecule has 2 rings (SSSR count). The Labute approximate surface area is 129 Å². The van der Waals surface area contributed by atoms with Crippen LogP contribution in [-0.2, 0) is 17.9 Å². The average molecular weight is 307 g/mol. The molecule has 0 saturated carbocycles. The van der Waals surface area contributed by atoms with Crippen molar-refractivity contribution in [2.75, 3.05) is 7.11 Å². The van der Waals surface area contributed by atoms with Crippen LogP contribution >= 0.6 is 11.3 Å². The van der Waals surface area contributed by atoms with Gasteiger partial charge in [0.05, 0.1) is 0 Å². The zero-order valence-corrected chi connectivity index (χ0v) is 13.5. The molecule has 2 aromatic rings. The van der Waals surface area contributed by atoms with Gasteiger partial charge >= 0.3 is 0 Å². The van der Waals surface area contributed by atoms with Crippen molar-refractivity contribution < 1.29 is 13.9 Å². The van der Waals surface area contributed by atoms with Crippen LogP contribution in [0.15, 0.2) is 33.4 Å². The minimum absolute atomic E-state index is 0.0714. The van der Waals surface area contributed by atoms with E-state index in [9.17, 15) is 4.79 Å². The van der Waals surface area contributed by atoms with Gasteiger partial charge in [-0.3, -0.25) is 4.79 Å². The molecule has 0 N–H and O–H groups in total. The Kier molecular flexibility index (Phi) is 5.59. The van der Waals surface area contributed by atoms with Crippen LogP contribution in [0.25, 0.3) is 0 Å². The van der Waals surface area contributed by atoms with Crippen molar-refractivity contribution in [2.24, 2.45) is 0 Å². The molecule has 1 amide bonds. The van der Waals surface area contributed by atoms with Crippen molar-refractivity contribution in [1.29, 1.82) is 0 Å². The fraction of sp³-hybridized carbons (Fsp3) is 0.438. The highest BCUT2D eigenvalue weighted by Gasteiger charge is 2.23. The minimum atomic E-state index is -0.0714. The monoisotopic (exact) mass is 307 g/mol. The number of hydrogen-bond donors (Lipinski definition) is 0. The Morgan fingerprint density at radius 1 is 1.43 bits per heavy atom. The van der Waals surface area contributed by atoms with Gasteiger partial charge in [0, 0.05) is 19.7 Å². The molecule has 5 heteroatoms. The van der Waals surface area contributed by atoms with Crippen LogP contribution in [0.2, 0.25) is 0 Å². The number of methoxy groups -OCH3 is 1. The van der Waals surface area contributed by atoms with E-state index in [0.29, 0.717) is 24.7 Å². The zero-order valence-electron chi connectivity index (χ0n) is 12.7. The van der Waals surface area contributed by atoms with E-state index < -0.39 is 0 Å². The summed E-state index contributed by atoms with van der Waals surface area (Å²) in [4.78, 5) is 14.5. The molecule has 114 valence electrons. The number of furan rings is 1. The van der Waals surface area contributed by atoms with Crippen LogP contribution in [0, 0.1) is 0 Å². The molecule has 2 aromatic heterocycles. The van der Waals surface area contributed by atoms with Gasteiger partial charge in [-0.1, -0.05) is 6.92 Å². The molecule has 4 nitrogen and oxygen atoms in total. The SMILES string of the molecule is CC[C@@H](C)N(Cc1ccsc1)C(=O)c1ccc(COC)o1. The van der Waals surface area contributed by atoms with Crippen LogP contribution in [0.5, 0.6) is 0 Å². The molecule has 0 aliphatic heterocycles. The van der Waals surface area contributed by atoms with Gasteiger partial charge in [-0.2, -0.15) is 11.3 Å². The van der Waals surface area contributed by atoms with Crippen LogP contribution in [-0.4, -0.2) is 24.0 Å². The Balaban J connectivity index is 2.16. The second-order valence-electron chi connectivity index (χ2n) is 5.02. The summed E-state index contributed by atoms with van der Waals surface area (Å²) in [5.41, 5.74) is 1.15. The van der Waals surface area contributed by atoms with Gasteiger partial charge in [-0.05, 0) is 47.9 Å². The van der Waals surface area contributed by atoms with Gasteiger partial charge in [0.25, 0.3) is 5.91 Å². The van der Waals surface area contributed by atoms with Crippen LogP contribution in [0.3, 0.4) is 0 Å². The van der Waals surface area contributed by atoms with Crippen LogP contribution in [0.4, 0.5) is 0 Å². The molecule has 1 atom stereocenters. The Bertz CT molecular complexity index is 562. The third kappa shape index (κ3) is 3.95. The summed E-state index contributed by atoms with van der Waals surface area (Å²) in [6, 6.07) is 5.72. The van der Waals surface area contributed by atoms with Crippen LogP contribution in [0.1, 0.15) is 42.1 Å². The quantitative estimate of drug-likeness (QED) is 0.778. The summed E-state index contributed by atoms with van der Waals surface area (Å²) in [7, 11) is 1.60. The fourth-order valence-corrected chi connectivity index (χ4v) is 2.74. The van der Waals surface area contributed by atoms with Crippen molar-refractivity contribution in [1.82, 2.24) is 4.90 Å². The molecule has 0 spiro atoms. The molecule has 0 bridgehead atoms. The summed E-state index contributed by atoms with van der Waals surface area (Å²) < 4.78 is 10.6. The minimum Gasteiger partial charge on any atom is -0.453 e. The highest BCUT2D eigenvalue weighted by Crippen LogP contribution is 2.18. The highest BCUT2D eigenvalue weighted by atomic mass is 32.1. The normalized spacial score (nSPS) is 12.3. The third-order valence-corrected chi connectivity index (χ3v) is 4.21.